The summed E-state index contributed by atoms with van der Waals surface area (Å²) < 4.78 is 5.20. The summed E-state index contributed by atoms with van der Waals surface area (Å²) in [6, 6.07) is 7.90. The predicted octanol–water partition coefficient (Wildman–Crippen LogP) is 2.36. The Morgan fingerprint density at radius 3 is 2.19 bits per heavy atom. The van der Waals surface area contributed by atoms with Gasteiger partial charge in [-0.3, -0.25) is 9.59 Å². The van der Waals surface area contributed by atoms with Gasteiger partial charge in [-0.15, -0.1) is 0 Å². The first-order valence-corrected chi connectivity index (χ1v) is 9.42. The van der Waals surface area contributed by atoms with Gasteiger partial charge in [0.05, 0.1) is 0 Å². The lowest BCUT2D eigenvalue weighted by Gasteiger charge is -2.23. The number of hydrogen-bond acceptors (Lipinski definition) is 4. The molecule has 1 aromatic carbocycles. The van der Waals surface area contributed by atoms with Crippen LogP contribution in [-0.2, 0) is 20.9 Å². The molecule has 0 saturated heterocycles. The fraction of sp³-hybridized carbons (Fsp3) is 0.550. The Morgan fingerprint density at radius 1 is 0.963 bits per heavy atom. The van der Waals surface area contributed by atoms with Crippen molar-refractivity contribution in [3.8, 4) is 0 Å². The number of benzene rings is 1. The second kappa shape index (κ2) is 11.9. The van der Waals surface area contributed by atoms with Gasteiger partial charge in [0.2, 0.25) is 11.8 Å². The number of rotatable bonds is 10. The number of nitrogens with one attached hydrogen (secondary N) is 3. The first kappa shape index (κ1) is 22.5. The zero-order chi connectivity index (χ0) is 20.2. The van der Waals surface area contributed by atoms with Gasteiger partial charge >= 0.3 is 6.09 Å². The molecule has 2 atom stereocenters. The van der Waals surface area contributed by atoms with Gasteiger partial charge in [-0.05, 0) is 31.2 Å². The largest absolute Gasteiger partial charge is 0.445 e. The summed E-state index contributed by atoms with van der Waals surface area (Å²) in [5.41, 5.74) is 0.861. The number of carbonyl (C=O) groups excluding carboxylic acids is 3. The molecule has 150 valence electrons. The lowest BCUT2D eigenvalue weighted by atomic mass is 10.0. The fourth-order valence-corrected chi connectivity index (χ4v) is 2.53. The molecule has 3 amide bonds. The SMILES string of the molecule is CCNC(=O)[C@H](CC)NC(=O)[C@H](CC(C)C)NC(=O)OCc1ccccc1. The number of alkyl carbamates (subject to hydrolysis) is 1. The molecule has 27 heavy (non-hydrogen) atoms. The Morgan fingerprint density at radius 2 is 1.63 bits per heavy atom. The maximum absolute atomic E-state index is 12.6. The molecular formula is C20H31N3O4. The van der Waals surface area contributed by atoms with Crippen LogP contribution in [0.1, 0.15) is 46.1 Å². The zero-order valence-corrected chi connectivity index (χ0v) is 16.6. The normalized spacial score (nSPS) is 12.8. The van der Waals surface area contributed by atoms with Crippen LogP contribution in [-0.4, -0.2) is 36.5 Å². The summed E-state index contributed by atoms with van der Waals surface area (Å²) in [5, 5.41) is 8.02. The van der Waals surface area contributed by atoms with E-state index >= 15 is 0 Å². The Bertz CT molecular complexity index is 605. The van der Waals surface area contributed by atoms with Gasteiger partial charge in [0.15, 0.2) is 0 Å². The zero-order valence-electron chi connectivity index (χ0n) is 16.6. The third-order valence-electron chi connectivity index (χ3n) is 3.92. The van der Waals surface area contributed by atoms with Crippen LogP contribution in [0.15, 0.2) is 30.3 Å². The van der Waals surface area contributed by atoms with Gasteiger partial charge in [-0.2, -0.15) is 0 Å². The molecule has 0 spiro atoms. The first-order valence-electron chi connectivity index (χ1n) is 9.42. The van der Waals surface area contributed by atoms with Crippen LogP contribution < -0.4 is 16.0 Å². The summed E-state index contributed by atoms with van der Waals surface area (Å²) in [5.74, 6) is -0.443. The van der Waals surface area contributed by atoms with Crippen molar-refractivity contribution >= 4 is 17.9 Å². The van der Waals surface area contributed by atoms with Gasteiger partial charge in [-0.1, -0.05) is 51.1 Å². The van der Waals surface area contributed by atoms with Crippen molar-refractivity contribution in [2.45, 2.75) is 59.2 Å². The molecule has 0 radical (unpaired) electrons. The van der Waals surface area contributed by atoms with Crippen LogP contribution in [0.3, 0.4) is 0 Å². The van der Waals surface area contributed by atoms with Crippen LogP contribution in [0.2, 0.25) is 0 Å². The lowest BCUT2D eigenvalue weighted by molar-refractivity contribution is -0.130. The van der Waals surface area contributed by atoms with Gasteiger partial charge in [-0.25, -0.2) is 4.79 Å². The van der Waals surface area contributed by atoms with Gasteiger partial charge in [0, 0.05) is 6.54 Å². The van der Waals surface area contributed by atoms with Crippen molar-refractivity contribution in [1.29, 1.82) is 0 Å². The van der Waals surface area contributed by atoms with E-state index in [0.717, 1.165) is 5.56 Å². The molecule has 0 aromatic heterocycles. The summed E-state index contributed by atoms with van der Waals surface area (Å²) >= 11 is 0. The smallest absolute Gasteiger partial charge is 0.408 e. The quantitative estimate of drug-likeness (QED) is 0.583. The Hall–Kier alpha value is -2.57. The number of ether oxygens (including phenoxy) is 1. The molecule has 0 aliphatic heterocycles. The molecule has 0 saturated carbocycles. The summed E-state index contributed by atoms with van der Waals surface area (Å²) in [7, 11) is 0. The number of amides is 3. The molecule has 0 fully saturated rings. The van der Waals surface area contributed by atoms with Crippen molar-refractivity contribution in [3.05, 3.63) is 35.9 Å². The fourth-order valence-electron chi connectivity index (χ4n) is 2.53. The van der Waals surface area contributed by atoms with Crippen LogP contribution in [0.4, 0.5) is 4.79 Å². The first-order chi connectivity index (χ1) is 12.9. The third-order valence-corrected chi connectivity index (χ3v) is 3.92. The highest BCUT2D eigenvalue weighted by Gasteiger charge is 2.26. The second-order valence-electron chi connectivity index (χ2n) is 6.75. The molecule has 0 aliphatic carbocycles. The second-order valence-corrected chi connectivity index (χ2v) is 6.75. The van der Waals surface area contributed by atoms with Crippen LogP contribution >= 0.6 is 0 Å². The summed E-state index contributed by atoms with van der Waals surface area (Å²) in [6.45, 7) is 8.16. The molecule has 7 nitrogen and oxygen atoms in total. The van der Waals surface area contributed by atoms with Gasteiger partial charge in [0.1, 0.15) is 18.7 Å². The summed E-state index contributed by atoms with van der Waals surface area (Å²) in [6.07, 6.45) is 0.244. The third kappa shape index (κ3) is 8.57. The van der Waals surface area contributed by atoms with E-state index in [-0.39, 0.29) is 18.4 Å². The Kier molecular flexibility index (Phi) is 9.93. The van der Waals surface area contributed by atoms with Crippen LogP contribution in [0.5, 0.6) is 0 Å². The number of hydrogen-bond donors (Lipinski definition) is 3. The minimum atomic E-state index is -0.767. The molecule has 3 N–H and O–H groups in total. The van der Waals surface area contributed by atoms with E-state index in [4.69, 9.17) is 4.74 Å². The molecule has 0 aliphatic rings. The van der Waals surface area contributed by atoms with Crippen LogP contribution in [0.25, 0.3) is 0 Å². The average molecular weight is 377 g/mol. The highest BCUT2D eigenvalue weighted by atomic mass is 16.5. The van der Waals surface area contributed by atoms with E-state index in [9.17, 15) is 14.4 Å². The van der Waals surface area contributed by atoms with Gasteiger partial charge in [0.25, 0.3) is 0 Å². The van der Waals surface area contributed by atoms with E-state index < -0.39 is 24.1 Å². The number of carbonyl (C=O) groups is 3. The minimum absolute atomic E-state index is 0.124. The van der Waals surface area contributed by atoms with Crippen molar-refractivity contribution in [1.82, 2.24) is 16.0 Å². The Balaban J connectivity index is 2.65. The molecule has 0 bridgehead atoms. The maximum atomic E-state index is 12.6. The van der Waals surface area contributed by atoms with E-state index in [0.29, 0.717) is 19.4 Å². The average Bonchev–Trinajstić information content (AvgIpc) is 2.64. The highest BCUT2D eigenvalue weighted by Crippen LogP contribution is 2.07. The molecular weight excluding hydrogens is 346 g/mol. The monoisotopic (exact) mass is 377 g/mol. The van der Waals surface area contributed by atoms with Crippen molar-refractivity contribution < 1.29 is 19.1 Å². The Labute approximate surface area is 161 Å². The van der Waals surface area contributed by atoms with Crippen LogP contribution in [0, 0.1) is 5.92 Å². The van der Waals surface area contributed by atoms with E-state index in [1.165, 1.54) is 0 Å². The topological polar surface area (TPSA) is 96.5 Å². The standard InChI is InChI=1S/C20H31N3O4/c1-5-16(18(24)21-6-2)22-19(25)17(12-14(3)4)23-20(26)27-13-15-10-8-7-9-11-15/h7-11,14,16-17H,5-6,12-13H2,1-4H3,(H,21,24)(H,22,25)(H,23,26)/t16-,17-/m0/s1. The molecule has 7 heteroatoms. The number of likely N-dealkylation sites (N-methyl/N-ethyl adjacent to an activating group) is 1. The lowest BCUT2D eigenvalue weighted by Crippen LogP contribution is -2.53. The molecule has 1 rings (SSSR count). The maximum Gasteiger partial charge on any atom is 0.408 e. The highest BCUT2D eigenvalue weighted by molar-refractivity contribution is 5.91. The predicted molar refractivity (Wildman–Crippen MR) is 104 cm³/mol. The molecule has 1 aromatic rings. The van der Waals surface area contributed by atoms with Gasteiger partial charge < -0.3 is 20.7 Å². The van der Waals surface area contributed by atoms with E-state index in [1.54, 1.807) is 0 Å². The van der Waals surface area contributed by atoms with Crippen molar-refractivity contribution in [2.24, 2.45) is 5.92 Å². The van der Waals surface area contributed by atoms with Crippen molar-refractivity contribution in [2.75, 3.05) is 6.54 Å². The van der Waals surface area contributed by atoms with Crippen molar-refractivity contribution in [3.63, 3.8) is 0 Å². The van der Waals surface area contributed by atoms with E-state index in [2.05, 4.69) is 16.0 Å². The molecule has 0 unspecified atom stereocenters. The molecule has 0 heterocycles. The van der Waals surface area contributed by atoms with E-state index in [1.807, 2.05) is 58.0 Å². The minimum Gasteiger partial charge on any atom is -0.445 e. The summed E-state index contributed by atoms with van der Waals surface area (Å²) in [4.78, 5) is 36.7.